The summed E-state index contributed by atoms with van der Waals surface area (Å²) in [5.41, 5.74) is 13.8. The Morgan fingerprint density at radius 3 is 1.65 bits per heavy atom. The molecule has 1 aliphatic heterocycles. The molecule has 6 aromatic carbocycles. The molecule has 2 aliphatic carbocycles. The summed E-state index contributed by atoms with van der Waals surface area (Å²) in [6.45, 7) is 4.52. The predicted molar refractivity (Wildman–Crippen MR) is 174 cm³/mol. The van der Waals surface area contributed by atoms with Crippen molar-refractivity contribution in [3.8, 4) is 11.1 Å². The molecule has 0 unspecified atom stereocenters. The van der Waals surface area contributed by atoms with E-state index in [2.05, 4.69) is 146 Å². The van der Waals surface area contributed by atoms with Crippen LogP contribution < -0.4 is 4.90 Å². The molecule has 0 N–H and O–H groups in total. The molecule has 0 aromatic heterocycles. The van der Waals surface area contributed by atoms with Gasteiger partial charge in [0, 0.05) is 22.2 Å². The monoisotopic (exact) mass is 551 g/mol. The van der Waals surface area contributed by atoms with Crippen molar-refractivity contribution in [2.24, 2.45) is 0 Å². The van der Waals surface area contributed by atoms with Gasteiger partial charge in [-0.2, -0.15) is 0 Å². The minimum Gasteiger partial charge on any atom is -0.310 e. The molecule has 1 heterocycles. The lowest BCUT2D eigenvalue weighted by Crippen LogP contribution is -2.37. The smallest absolute Gasteiger partial charge is 0.193 e. The topological polar surface area (TPSA) is 20.3 Å². The molecule has 1 spiro atoms. The number of para-hydroxylation sites is 3. The summed E-state index contributed by atoms with van der Waals surface area (Å²) in [4.78, 5) is 16.5. The Bertz CT molecular complexity index is 2090. The second-order valence-electron chi connectivity index (χ2n) is 12.4. The number of anilines is 3. The molecular weight excluding hydrogens is 522 g/mol. The van der Waals surface area contributed by atoms with E-state index in [9.17, 15) is 4.79 Å². The summed E-state index contributed by atoms with van der Waals surface area (Å²) in [5.74, 6) is 0.117. The first-order valence-corrected chi connectivity index (χ1v) is 15.0. The fraction of sp³-hybridized carbons (Fsp3) is 0.0976. The summed E-state index contributed by atoms with van der Waals surface area (Å²) in [6.07, 6.45) is 0. The van der Waals surface area contributed by atoms with Gasteiger partial charge in [-0.1, -0.05) is 123 Å². The standard InChI is InChI=1S/C41H29NO/c1-40(2)31-18-8-7-17-28(31)39(43)30-24-29-27-16-6-9-19-32(27)41(36(29)25-35(30)40)33-20-10-12-22-37(33)42(26-14-4-3-5-15-26)38-23-13-11-21-34(38)41/h3-25H,1-2H3. The first-order valence-electron chi connectivity index (χ1n) is 15.0. The number of fused-ring (bicyclic) bond motifs is 11. The van der Waals surface area contributed by atoms with Crippen LogP contribution in [0.3, 0.4) is 0 Å². The van der Waals surface area contributed by atoms with E-state index in [0.717, 1.165) is 33.5 Å². The van der Waals surface area contributed by atoms with Crippen LogP contribution in [0.5, 0.6) is 0 Å². The third-order valence-electron chi connectivity index (χ3n) is 10.1. The zero-order valence-corrected chi connectivity index (χ0v) is 24.1. The van der Waals surface area contributed by atoms with Crippen molar-refractivity contribution in [2.45, 2.75) is 24.7 Å². The third-order valence-corrected chi connectivity index (χ3v) is 10.1. The van der Waals surface area contributed by atoms with Crippen LogP contribution in [-0.4, -0.2) is 5.78 Å². The number of rotatable bonds is 1. The van der Waals surface area contributed by atoms with E-state index in [1.165, 1.54) is 39.2 Å². The van der Waals surface area contributed by atoms with Crippen molar-refractivity contribution in [1.82, 2.24) is 0 Å². The fourth-order valence-corrected chi connectivity index (χ4v) is 8.23. The van der Waals surface area contributed by atoms with Crippen LogP contribution in [0.2, 0.25) is 0 Å². The number of nitrogens with zero attached hydrogens (tertiary/aromatic N) is 1. The van der Waals surface area contributed by atoms with Crippen LogP contribution in [-0.2, 0) is 10.8 Å². The first-order chi connectivity index (χ1) is 21.0. The van der Waals surface area contributed by atoms with Crippen molar-refractivity contribution in [3.63, 3.8) is 0 Å². The van der Waals surface area contributed by atoms with Crippen LogP contribution in [0.25, 0.3) is 11.1 Å². The predicted octanol–water partition coefficient (Wildman–Crippen LogP) is 9.70. The van der Waals surface area contributed by atoms with Gasteiger partial charge in [0.25, 0.3) is 0 Å². The highest BCUT2D eigenvalue weighted by Gasteiger charge is 2.53. The largest absolute Gasteiger partial charge is 0.310 e. The summed E-state index contributed by atoms with van der Waals surface area (Å²) < 4.78 is 0. The van der Waals surface area contributed by atoms with Crippen molar-refractivity contribution in [2.75, 3.05) is 4.90 Å². The molecule has 0 fully saturated rings. The van der Waals surface area contributed by atoms with E-state index < -0.39 is 5.41 Å². The van der Waals surface area contributed by atoms with Crippen molar-refractivity contribution >= 4 is 22.8 Å². The molecular formula is C41H29NO. The second-order valence-corrected chi connectivity index (χ2v) is 12.4. The Morgan fingerprint density at radius 1 is 0.442 bits per heavy atom. The number of hydrogen-bond acceptors (Lipinski definition) is 2. The minimum absolute atomic E-state index is 0.117. The second kappa shape index (κ2) is 8.42. The van der Waals surface area contributed by atoms with Gasteiger partial charge < -0.3 is 4.90 Å². The van der Waals surface area contributed by atoms with Gasteiger partial charge in [-0.05, 0) is 74.8 Å². The lowest BCUT2D eigenvalue weighted by Gasteiger charge is -2.45. The first kappa shape index (κ1) is 24.4. The quantitative estimate of drug-likeness (QED) is 0.202. The Balaban J connectivity index is 1.43. The number of ketones is 1. The summed E-state index contributed by atoms with van der Waals surface area (Å²) in [7, 11) is 0. The molecule has 0 amide bonds. The van der Waals surface area contributed by atoms with E-state index in [-0.39, 0.29) is 11.2 Å². The number of hydrogen-bond donors (Lipinski definition) is 0. The van der Waals surface area contributed by atoms with Crippen molar-refractivity contribution in [3.05, 3.63) is 184 Å². The van der Waals surface area contributed by atoms with Crippen LogP contribution >= 0.6 is 0 Å². The van der Waals surface area contributed by atoms with E-state index in [1.54, 1.807) is 0 Å². The van der Waals surface area contributed by atoms with Gasteiger partial charge >= 0.3 is 0 Å². The molecule has 2 heteroatoms. The van der Waals surface area contributed by atoms with Crippen molar-refractivity contribution in [1.29, 1.82) is 0 Å². The SMILES string of the molecule is CC1(C)c2ccccc2C(=O)c2cc3c(cc21)C1(c2ccccc2-3)c2ccccc2N(c2ccccc2)c2ccccc21. The highest BCUT2D eigenvalue weighted by Crippen LogP contribution is 2.64. The maximum Gasteiger partial charge on any atom is 0.193 e. The number of carbonyl (C=O) groups excluding carboxylic acids is 1. The Morgan fingerprint density at radius 2 is 0.977 bits per heavy atom. The summed E-state index contributed by atoms with van der Waals surface area (Å²) >= 11 is 0. The average Bonchev–Trinajstić information content (AvgIpc) is 3.34. The number of benzene rings is 6. The van der Waals surface area contributed by atoms with Crippen LogP contribution in [0.4, 0.5) is 17.1 Å². The normalized spacial score (nSPS) is 16.0. The molecule has 9 rings (SSSR count). The van der Waals surface area contributed by atoms with Gasteiger partial charge in [-0.25, -0.2) is 0 Å². The van der Waals surface area contributed by atoms with Gasteiger partial charge in [0.15, 0.2) is 5.78 Å². The highest BCUT2D eigenvalue weighted by molar-refractivity contribution is 6.14. The van der Waals surface area contributed by atoms with Gasteiger partial charge in [-0.15, -0.1) is 0 Å². The van der Waals surface area contributed by atoms with Crippen LogP contribution in [0.15, 0.2) is 140 Å². The molecule has 43 heavy (non-hydrogen) atoms. The molecule has 0 radical (unpaired) electrons. The molecule has 2 nitrogen and oxygen atoms in total. The van der Waals surface area contributed by atoms with Crippen molar-refractivity contribution < 1.29 is 4.79 Å². The number of carbonyl (C=O) groups is 1. The Hall–Kier alpha value is -5.21. The van der Waals surface area contributed by atoms with Gasteiger partial charge in [0.05, 0.1) is 16.8 Å². The average molecular weight is 552 g/mol. The van der Waals surface area contributed by atoms with E-state index in [1.807, 2.05) is 12.1 Å². The van der Waals surface area contributed by atoms with Gasteiger partial charge in [0.1, 0.15) is 0 Å². The lowest BCUT2D eigenvalue weighted by atomic mass is 9.62. The summed E-state index contributed by atoms with van der Waals surface area (Å²) in [6, 6.07) is 49.9. The molecule has 204 valence electrons. The zero-order chi connectivity index (χ0) is 28.9. The van der Waals surface area contributed by atoms with Gasteiger partial charge in [-0.3, -0.25) is 4.79 Å². The highest BCUT2D eigenvalue weighted by atomic mass is 16.1. The van der Waals surface area contributed by atoms with E-state index >= 15 is 0 Å². The maximum absolute atomic E-state index is 14.1. The van der Waals surface area contributed by atoms with Crippen LogP contribution in [0.1, 0.15) is 63.1 Å². The Kier molecular flexibility index (Phi) is 4.78. The summed E-state index contributed by atoms with van der Waals surface area (Å²) in [5, 5.41) is 0. The molecule has 0 bridgehead atoms. The third kappa shape index (κ3) is 2.95. The van der Waals surface area contributed by atoms with Crippen LogP contribution in [0, 0.1) is 0 Å². The van der Waals surface area contributed by atoms with E-state index in [0.29, 0.717) is 0 Å². The Labute approximate surface area is 251 Å². The fourth-order valence-electron chi connectivity index (χ4n) is 8.23. The van der Waals surface area contributed by atoms with E-state index in [4.69, 9.17) is 0 Å². The molecule has 0 atom stereocenters. The zero-order valence-electron chi connectivity index (χ0n) is 24.1. The lowest BCUT2D eigenvalue weighted by molar-refractivity contribution is 0.103. The maximum atomic E-state index is 14.1. The van der Waals surface area contributed by atoms with Gasteiger partial charge in [0.2, 0.25) is 0 Å². The minimum atomic E-state index is -0.532. The molecule has 0 saturated carbocycles. The molecule has 6 aromatic rings. The molecule has 0 saturated heterocycles. The molecule has 3 aliphatic rings.